The van der Waals surface area contributed by atoms with Crippen LogP contribution in [0.2, 0.25) is 0 Å². The van der Waals surface area contributed by atoms with Gasteiger partial charge in [0.2, 0.25) is 0 Å². The monoisotopic (exact) mass is 513 g/mol. The molecule has 5 heteroatoms. The van der Waals surface area contributed by atoms with Crippen LogP contribution in [0.4, 0.5) is 4.39 Å². The van der Waals surface area contributed by atoms with Crippen molar-refractivity contribution in [2.75, 3.05) is 33.9 Å². The number of hydrogen-bond donors (Lipinski definition) is 1. The largest absolute Gasteiger partial charge is 0.492 e. The third kappa shape index (κ3) is 7.07. The zero-order valence-electron chi connectivity index (χ0n) is 22.1. The summed E-state index contributed by atoms with van der Waals surface area (Å²) in [5.74, 6) is 0.0487. The molecular weight excluding hydrogens is 477 g/mol. The first-order valence-corrected chi connectivity index (χ1v) is 13.0. The van der Waals surface area contributed by atoms with Gasteiger partial charge in [-0.25, -0.2) is 4.39 Å². The lowest BCUT2D eigenvalue weighted by molar-refractivity contribution is 0.0275. The molecule has 0 amide bonds. The van der Waals surface area contributed by atoms with Crippen molar-refractivity contribution < 1.29 is 19.0 Å². The van der Waals surface area contributed by atoms with E-state index in [1.807, 2.05) is 99.0 Å². The highest BCUT2D eigenvalue weighted by Gasteiger charge is 2.41. The third-order valence-electron chi connectivity index (χ3n) is 6.75. The summed E-state index contributed by atoms with van der Waals surface area (Å²) in [6.45, 7) is 2.30. The average Bonchev–Trinajstić information content (AvgIpc) is 2.95. The van der Waals surface area contributed by atoms with Crippen LogP contribution in [-0.2, 0) is 16.9 Å². The van der Waals surface area contributed by atoms with Crippen molar-refractivity contribution in [3.63, 3.8) is 0 Å². The van der Waals surface area contributed by atoms with Crippen molar-refractivity contribution in [3.8, 4) is 5.75 Å². The SMILES string of the molecule is CN(C)CCOc1ccc(C(O)(c2ccccc2)C(CCOCc2ccccc2)c2ccc(F)cc2)cc1. The maximum absolute atomic E-state index is 13.9. The molecule has 38 heavy (non-hydrogen) atoms. The van der Waals surface area contributed by atoms with Crippen LogP contribution in [0.1, 0.15) is 34.6 Å². The first-order chi connectivity index (χ1) is 18.5. The molecule has 4 rings (SSSR count). The highest BCUT2D eigenvalue weighted by Crippen LogP contribution is 2.45. The summed E-state index contributed by atoms with van der Waals surface area (Å²) in [5.41, 5.74) is 2.05. The summed E-state index contributed by atoms with van der Waals surface area (Å²) < 4.78 is 25.8. The van der Waals surface area contributed by atoms with Crippen molar-refractivity contribution in [1.29, 1.82) is 0 Å². The van der Waals surface area contributed by atoms with E-state index < -0.39 is 5.60 Å². The second-order valence-corrected chi connectivity index (χ2v) is 9.74. The zero-order valence-corrected chi connectivity index (χ0v) is 22.1. The minimum absolute atomic E-state index is 0.310. The molecule has 0 saturated heterocycles. The molecule has 0 fully saturated rings. The van der Waals surface area contributed by atoms with E-state index in [1.54, 1.807) is 12.1 Å². The van der Waals surface area contributed by atoms with Gasteiger partial charge in [0.1, 0.15) is 23.8 Å². The van der Waals surface area contributed by atoms with Crippen LogP contribution in [0.3, 0.4) is 0 Å². The summed E-state index contributed by atoms with van der Waals surface area (Å²) >= 11 is 0. The van der Waals surface area contributed by atoms with E-state index in [0.717, 1.165) is 34.5 Å². The van der Waals surface area contributed by atoms with Gasteiger partial charge < -0.3 is 19.5 Å². The Morgan fingerprint density at radius 2 is 1.37 bits per heavy atom. The smallest absolute Gasteiger partial charge is 0.123 e. The molecule has 4 aromatic carbocycles. The van der Waals surface area contributed by atoms with Gasteiger partial charge in [-0.2, -0.15) is 0 Å². The Morgan fingerprint density at radius 1 is 0.763 bits per heavy atom. The van der Waals surface area contributed by atoms with Gasteiger partial charge in [-0.05, 0) is 67.0 Å². The lowest BCUT2D eigenvalue weighted by Gasteiger charge is -2.38. The number of halogens is 1. The molecule has 2 unspecified atom stereocenters. The predicted octanol–water partition coefficient (Wildman–Crippen LogP) is 6.39. The lowest BCUT2D eigenvalue weighted by atomic mass is 9.71. The molecule has 4 aromatic rings. The maximum Gasteiger partial charge on any atom is 0.123 e. The minimum atomic E-state index is -1.38. The van der Waals surface area contributed by atoms with E-state index in [1.165, 1.54) is 12.1 Å². The first-order valence-electron chi connectivity index (χ1n) is 13.0. The number of nitrogens with zero attached hydrogens (tertiary/aromatic N) is 1. The number of likely N-dealkylation sites (N-methyl/N-ethyl adjacent to an activating group) is 1. The van der Waals surface area contributed by atoms with Crippen molar-refractivity contribution in [3.05, 3.63) is 137 Å². The number of aliphatic hydroxyl groups is 1. The minimum Gasteiger partial charge on any atom is -0.492 e. The summed E-state index contributed by atoms with van der Waals surface area (Å²) in [7, 11) is 4.01. The molecule has 1 N–H and O–H groups in total. The molecule has 0 radical (unpaired) electrons. The Labute approximate surface area is 225 Å². The van der Waals surface area contributed by atoms with E-state index in [2.05, 4.69) is 4.90 Å². The van der Waals surface area contributed by atoms with Gasteiger partial charge in [0.15, 0.2) is 0 Å². The summed E-state index contributed by atoms with van der Waals surface area (Å²) in [5, 5.41) is 12.6. The average molecular weight is 514 g/mol. The number of rotatable bonds is 13. The normalized spacial score (nSPS) is 13.7. The summed E-state index contributed by atoms with van der Waals surface area (Å²) in [6.07, 6.45) is 0.533. The van der Waals surface area contributed by atoms with Crippen LogP contribution in [0.25, 0.3) is 0 Å². The Balaban J connectivity index is 1.65. The van der Waals surface area contributed by atoms with Crippen molar-refractivity contribution in [2.24, 2.45) is 0 Å². The number of ether oxygens (including phenoxy) is 2. The zero-order chi connectivity index (χ0) is 26.8. The van der Waals surface area contributed by atoms with E-state index in [4.69, 9.17) is 9.47 Å². The van der Waals surface area contributed by atoms with Crippen LogP contribution in [0.15, 0.2) is 109 Å². The second kappa shape index (κ2) is 13.3. The van der Waals surface area contributed by atoms with E-state index in [9.17, 15) is 9.50 Å². The Bertz CT molecular complexity index is 1230. The van der Waals surface area contributed by atoms with Gasteiger partial charge in [0, 0.05) is 19.1 Å². The molecule has 0 aliphatic carbocycles. The lowest BCUT2D eigenvalue weighted by Crippen LogP contribution is -2.36. The van der Waals surface area contributed by atoms with Gasteiger partial charge in [-0.1, -0.05) is 84.9 Å². The van der Waals surface area contributed by atoms with E-state index in [0.29, 0.717) is 26.2 Å². The van der Waals surface area contributed by atoms with Crippen molar-refractivity contribution >= 4 is 0 Å². The molecule has 0 aliphatic heterocycles. The van der Waals surface area contributed by atoms with Crippen molar-refractivity contribution in [2.45, 2.75) is 24.5 Å². The topological polar surface area (TPSA) is 41.9 Å². The third-order valence-corrected chi connectivity index (χ3v) is 6.75. The summed E-state index contributed by atoms with van der Waals surface area (Å²) in [4.78, 5) is 2.07. The highest BCUT2D eigenvalue weighted by atomic mass is 19.1. The number of benzene rings is 4. The fourth-order valence-corrected chi connectivity index (χ4v) is 4.69. The van der Waals surface area contributed by atoms with Gasteiger partial charge >= 0.3 is 0 Å². The van der Waals surface area contributed by atoms with Gasteiger partial charge in [0.05, 0.1) is 6.61 Å². The Hall–Kier alpha value is -3.51. The Kier molecular flexibility index (Phi) is 9.66. The van der Waals surface area contributed by atoms with Crippen LogP contribution < -0.4 is 4.74 Å². The molecule has 0 bridgehead atoms. The molecular formula is C33H36FNO3. The standard InChI is InChI=1S/C33H36FNO3/c1-35(2)22-24-38-31-19-15-29(16-20-31)33(36,28-11-7-4-8-12-28)32(27-13-17-30(34)18-14-27)21-23-37-25-26-9-5-3-6-10-26/h3-20,32,36H,21-25H2,1-2H3. The van der Waals surface area contributed by atoms with Crippen LogP contribution in [0, 0.1) is 5.82 Å². The van der Waals surface area contributed by atoms with Crippen molar-refractivity contribution in [1.82, 2.24) is 4.90 Å². The van der Waals surface area contributed by atoms with Gasteiger partial charge in [0.25, 0.3) is 0 Å². The molecule has 2 atom stereocenters. The van der Waals surface area contributed by atoms with Crippen LogP contribution >= 0.6 is 0 Å². The molecule has 0 aromatic heterocycles. The molecule has 0 saturated carbocycles. The first kappa shape index (κ1) is 27.5. The molecule has 198 valence electrons. The fourth-order valence-electron chi connectivity index (χ4n) is 4.69. The maximum atomic E-state index is 13.9. The van der Waals surface area contributed by atoms with E-state index in [-0.39, 0.29) is 11.7 Å². The quantitative estimate of drug-likeness (QED) is 0.210. The summed E-state index contributed by atoms with van der Waals surface area (Å²) in [6, 6.07) is 33.7. The molecule has 0 heterocycles. The predicted molar refractivity (Wildman–Crippen MR) is 150 cm³/mol. The second-order valence-electron chi connectivity index (χ2n) is 9.74. The number of hydrogen-bond acceptors (Lipinski definition) is 4. The molecule has 0 aliphatic rings. The van der Waals surface area contributed by atoms with Gasteiger partial charge in [-0.15, -0.1) is 0 Å². The molecule has 0 spiro atoms. The van der Waals surface area contributed by atoms with Crippen LogP contribution in [0.5, 0.6) is 5.75 Å². The fraction of sp³-hybridized carbons (Fsp3) is 0.273. The van der Waals surface area contributed by atoms with Crippen LogP contribution in [-0.4, -0.2) is 43.9 Å². The van der Waals surface area contributed by atoms with Gasteiger partial charge in [-0.3, -0.25) is 0 Å². The highest BCUT2D eigenvalue weighted by molar-refractivity contribution is 5.43. The van der Waals surface area contributed by atoms with E-state index >= 15 is 0 Å². The molecule has 4 nitrogen and oxygen atoms in total. The Morgan fingerprint density at radius 3 is 2.00 bits per heavy atom.